The van der Waals surface area contributed by atoms with Gasteiger partial charge in [0.1, 0.15) is 12.2 Å². The molecule has 0 heterocycles. The number of ether oxygens (including phenoxy) is 1. The van der Waals surface area contributed by atoms with Crippen LogP contribution in [-0.2, 0) is 57.8 Å². The molecular formula is C6H17N2NaO5Ti2. The summed E-state index contributed by atoms with van der Waals surface area (Å²) in [6.07, 6.45) is -2.70. The Balaban J connectivity index is -0.0000000500. The molecule has 90 valence electrons. The normalized spacial score (nSPS) is 10.5. The maximum atomic E-state index is 10.5. The molecule has 16 heavy (non-hydrogen) atoms. The van der Waals surface area contributed by atoms with Crippen molar-refractivity contribution in [2.75, 3.05) is 0 Å². The largest absolute Gasteiger partial charge is 0 e. The maximum absolute atomic E-state index is 10.5. The van der Waals surface area contributed by atoms with E-state index in [9.17, 15) is 9.59 Å². The average molecular weight is 316 g/mol. The zero-order chi connectivity index (χ0) is 9.02. The fourth-order valence-electron chi connectivity index (χ4n) is 0.270. The number of carbonyl (C=O) groups excluding carboxylic acids is 2. The van der Waals surface area contributed by atoms with Crippen molar-refractivity contribution < 1.29 is 68.0 Å². The summed E-state index contributed by atoms with van der Waals surface area (Å²) in [7, 11) is 0. The van der Waals surface area contributed by atoms with Crippen LogP contribution in [0.1, 0.15) is 13.8 Å². The second-order valence-electron chi connectivity index (χ2n) is 2.09. The van der Waals surface area contributed by atoms with Crippen LogP contribution < -0.4 is 12.3 Å². The van der Waals surface area contributed by atoms with Gasteiger partial charge in [0.2, 0.25) is 0 Å². The number of hydrogen-bond acceptors (Lipinski definition) is 7. The molecule has 0 aliphatic rings. The summed E-state index contributed by atoms with van der Waals surface area (Å²) in [5.74, 6) is -2.12. The Hall–Kier alpha value is 1.41. The molecule has 0 spiro atoms. The summed E-state index contributed by atoms with van der Waals surface area (Å²) in [5, 5.41) is 17.1. The number of aliphatic hydroxyl groups is 2. The minimum atomic E-state index is -1.35. The fourth-order valence-corrected chi connectivity index (χ4v) is 0.270. The van der Waals surface area contributed by atoms with E-state index in [0.29, 0.717) is 0 Å². The maximum Gasteiger partial charge on any atom is 0 e. The molecule has 0 radical (unpaired) electrons. The van der Waals surface area contributed by atoms with Gasteiger partial charge in [-0.3, -0.25) is 0 Å². The molecule has 0 rings (SSSR count). The second kappa shape index (κ2) is 18.8. The zero-order valence-electron chi connectivity index (χ0n) is 8.69. The number of hydrogen-bond donors (Lipinski definition) is 4. The Morgan fingerprint density at radius 3 is 1.25 bits per heavy atom. The third-order valence-corrected chi connectivity index (χ3v) is 0.883. The van der Waals surface area contributed by atoms with E-state index in [4.69, 9.17) is 10.2 Å². The van der Waals surface area contributed by atoms with Crippen molar-refractivity contribution in [1.29, 1.82) is 0 Å². The number of aliphatic hydroxyl groups excluding tert-OH is 2. The molecule has 0 saturated carbocycles. The van der Waals surface area contributed by atoms with Crippen LogP contribution in [0.15, 0.2) is 0 Å². The third kappa shape index (κ3) is 17.8. The molecule has 7 nitrogen and oxygen atoms in total. The molecule has 0 fully saturated rings. The first kappa shape index (κ1) is 36.0. The molecule has 0 aromatic heterocycles. The Morgan fingerprint density at radius 1 is 0.938 bits per heavy atom. The van der Waals surface area contributed by atoms with Crippen molar-refractivity contribution in [2.24, 2.45) is 0 Å². The van der Waals surface area contributed by atoms with Crippen LogP contribution in [0.2, 0.25) is 0 Å². The Labute approximate surface area is 146 Å². The van der Waals surface area contributed by atoms with Gasteiger partial charge in [-0.15, -0.1) is 0 Å². The summed E-state index contributed by atoms with van der Waals surface area (Å²) >= 11 is 0. The molecule has 0 bridgehead atoms. The number of carbonyl (C=O) groups is 2. The van der Waals surface area contributed by atoms with Crippen molar-refractivity contribution in [3.8, 4) is 0 Å². The van der Waals surface area contributed by atoms with Gasteiger partial charge in [0.15, 0.2) is 0 Å². The number of rotatable bonds is 2. The monoisotopic (exact) mass is 316 g/mol. The van der Waals surface area contributed by atoms with E-state index in [1.54, 1.807) is 0 Å². The number of esters is 2. The smallest absolute Gasteiger partial charge is 0 e. The first-order valence-corrected chi connectivity index (χ1v) is 3.06. The summed E-state index contributed by atoms with van der Waals surface area (Å²) in [5.41, 5.74) is 0. The van der Waals surface area contributed by atoms with Gasteiger partial charge >= 0.3 is 41.5 Å². The van der Waals surface area contributed by atoms with Gasteiger partial charge < -0.3 is 27.3 Å². The summed E-state index contributed by atoms with van der Waals surface area (Å²) in [6.45, 7) is 2.33. The molecular weight excluding hydrogens is 299 g/mol. The van der Waals surface area contributed by atoms with Crippen LogP contribution >= 0.6 is 0 Å². The van der Waals surface area contributed by atoms with E-state index in [0.717, 1.165) is 13.8 Å². The van der Waals surface area contributed by atoms with Gasteiger partial charge in [-0.25, -0.2) is 9.59 Å². The second-order valence-corrected chi connectivity index (χ2v) is 2.09. The predicted molar refractivity (Wildman–Crippen MR) is 51.7 cm³/mol. The first-order valence-electron chi connectivity index (χ1n) is 3.06. The molecule has 0 aliphatic heterocycles. The summed E-state index contributed by atoms with van der Waals surface area (Å²) < 4.78 is 4.00. The van der Waals surface area contributed by atoms with Crippen LogP contribution in [0.3, 0.4) is 0 Å². The predicted octanol–water partition coefficient (Wildman–Crippen LogP) is -1.51. The quantitative estimate of drug-likeness (QED) is 0.274. The van der Waals surface area contributed by atoms with Crippen LogP contribution in [0, 0.1) is 0 Å². The molecule has 2 unspecified atom stereocenters. The van der Waals surface area contributed by atoms with Crippen molar-refractivity contribution in [3.63, 3.8) is 0 Å². The first-order chi connectivity index (χ1) is 4.95. The molecule has 8 N–H and O–H groups in total. The van der Waals surface area contributed by atoms with Gasteiger partial charge in [0.05, 0.1) is 0 Å². The van der Waals surface area contributed by atoms with Crippen LogP contribution in [0.5, 0.6) is 0 Å². The van der Waals surface area contributed by atoms with Crippen LogP contribution in [0.25, 0.3) is 0 Å². The SMILES string of the molecule is CC(O)C(=O)OC(=O)C(C)O.N.N.[NaH].[Ti].[Ti]. The summed E-state index contributed by atoms with van der Waals surface area (Å²) in [4.78, 5) is 20.9. The average Bonchev–Trinajstić information content (AvgIpc) is 1.87. The van der Waals surface area contributed by atoms with E-state index in [1.165, 1.54) is 0 Å². The van der Waals surface area contributed by atoms with Crippen molar-refractivity contribution in [2.45, 2.75) is 26.1 Å². The van der Waals surface area contributed by atoms with Crippen LogP contribution in [-0.4, -0.2) is 63.9 Å². The van der Waals surface area contributed by atoms with Crippen molar-refractivity contribution in [1.82, 2.24) is 12.3 Å². The van der Waals surface area contributed by atoms with Crippen molar-refractivity contribution in [3.05, 3.63) is 0 Å². The molecule has 0 amide bonds. The van der Waals surface area contributed by atoms with E-state index in [1.807, 2.05) is 0 Å². The topological polar surface area (TPSA) is 154 Å². The minimum Gasteiger partial charge on any atom is 0 e. The van der Waals surface area contributed by atoms with Gasteiger partial charge in [0.25, 0.3) is 0 Å². The molecule has 0 aromatic rings. The molecule has 0 aromatic carbocycles. The Bertz CT molecular complexity index is 164. The van der Waals surface area contributed by atoms with E-state index < -0.39 is 24.1 Å². The van der Waals surface area contributed by atoms with Crippen molar-refractivity contribution >= 4 is 41.5 Å². The fraction of sp³-hybridized carbons (Fsp3) is 0.667. The van der Waals surface area contributed by atoms with Gasteiger partial charge in [-0.1, -0.05) is 0 Å². The standard InChI is InChI=1S/C6H10O5.2H3N.Na.2Ti.H/c1-3(7)5(9)11-6(10)4(2)8;;;;;;/h3-4,7-8H,1-2H3;2*1H3;;;;. The minimum absolute atomic E-state index is 0. The Morgan fingerprint density at radius 2 is 1.12 bits per heavy atom. The van der Waals surface area contributed by atoms with Gasteiger partial charge in [-0.2, -0.15) is 0 Å². The molecule has 0 aliphatic carbocycles. The molecule has 0 saturated heterocycles. The van der Waals surface area contributed by atoms with E-state index in [2.05, 4.69) is 4.74 Å². The van der Waals surface area contributed by atoms with E-state index >= 15 is 0 Å². The van der Waals surface area contributed by atoms with Gasteiger partial charge in [-0.05, 0) is 13.8 Å². The molecule has 10 heteroatoms. The summed E-state index contributed by atoms with van der Waals surface area (Å²) in [6, 6.07) is 0. The zero-order valence-corrected chi connectivity index (χ0v) is 11.8. The molecule has 2 atom stereocenters. The van der Waals surface area contributed by atoms with E-state index in [-0.39, 0.29) is 85.3 Å². The van der Waals surface area contributed by atoms with Gasteiger partial charge in [0, 0.05) is 43.4 Å². The Kier molecular flexibility index (Phi) is 42.2. The third-order valence-electron chi connectivity index (χ3n) is 0.883. The van der Waals surface area contributed by atoms with Crippen LogP contribution in [0.4, 0.5) is 0 Å².